The van der Waals surface area contributed by atoms with Gasteiger partial charge in [0, 0.05) is 67.3 Å². The highest BCUT2D eigenvalue weighted by Gasteiger charge is 2.57. The van der Waals surface area contributed by atoms with Crippen LogP contribution in [0.2, 0.25) is 0 Å². The Kier molecular flexibility index (Phi) is 43.3. The van der Waals surface area contributed by atoms with E-state index >= 15 is 0 Å². The van der Waals surface area contributed by atoms with E-state index < -0.39 is 48.5 Å². The van der Waals surface area contributed by atoms with E-state index in [9.17, 15) is 24.9 Å². The molecule has 13 aromatic rings. The molecule has 0 aliphatic carbocycles. The molecule has 4 saturated heterocycles. The molecule has 17 rings (SSSR count). The highest BCUT2D eigenvalue weighted by molar-refractivity contribution is 14.1. The zero-order chi connectivity index (χ0) is 94.0. The number of halogens is 1. The van der Waals surface area contributed by atoms with Crippen molar-refractivity contribution in [2.24, 2.45) is 0 Å². The molecule has 0 bridgehead atoms. The van der Waals surface area contributed by atoms with Crippen LogP contribution in [0.1, 0.15) is 164 Å². The van der Waals surface area contributed by atoms with Crippen LogP contribution < -0.4 is 19.8 Å². The van der Waals surface area contributed by atoms with Gasteiger partial charge >= 0.3 is 5.97 Å². The molecule has 8 heterocycles. The molecule has 15 atom stereocenters. The molecular weight excluding hydrogens is 1840 g/mol. The third-order valence-electron chi connectivity index (χ3n) is 23.2. The van der Waals surface area contributed by atoms with E-state index in [1.807, 2.05) is 302 Å². The quantitative estimate of drug-likeness (QED) is 0.0185. The number of pyridine rings is 4. The topological polar surface area (TPSA) is 290 Å². The molecule has 4 aliphatic rings. The van der Waals surface area contributed by atoms with Crippen molar-refractivity contribution in [1.82, 2.24) is 19.9 Å². The Bertz CT molecular complexity index is 5720. The molecule has 0 saturated carbocycles. The SMILES string of the molecule is C.C.C.CC[C@H]1OC(=O)C(OCc2ccccc2)[C@H]1OCc1ccccc1.CC[C@H]1O[C@@H](c2cnc(OCc3ccccc3)c(C)c2)C(OCc2ccccc2)[C@H]1OCc1ccccc1.CC[C@H]1O[C@@](O)(c2cnc(OCc3ccccc3)c(C)c2)C(OCc2ccccc2)[C@H]1OCc1ccccc1.Cc1cc(I)cnc1OCc1ccccc1.Cc1cc([C@@H]2O[C@H](CO)[C@H](O)C2O)c[nH]c1=O. The van der Waals surface area contributed by atoms with E-state index in [0.717, 1.165) is 82.3 Å². The lowest BCUT2D eigenvalue weighted by molar-refractivity contribution is -0.250. The first-order chi connectivity index (χ1) is 65.3. The number of hydrogen-bond donors (Lipinski definition) is 5. The Morgan fingerprint density at radius 1 is 0.372 bits per heavy atom. The van der Waals surface area contributed by atoms with E-state index in [-0.39, 0.29) is 83.1 Å². The molecule has 4 fully saturated rings. The van der Waals surface area contributed by atoms with Gasteiger partial charge in [-0.05, 0) is 144 Å². The van der Waals surface area contributed by atoms with E-state index in [0.29, 0.717) is 107 Å². The Labute approximate surface area is 819 Å². The summed E-state index contributed by atoms with van der Waals surface area (Å²) < 4.78 is 80.1. The first-order valence-electron chi connectivity index (χ1n) is 45.4. The summed E-state index contributed by atoms with van der Waals surface area (Å²) in [4.78, 5) is 39.4. The number of aliphatic hydroxyl groups is 4. The van der Waals surface area contributed by atoms with Gasteiger partial charge in [0.25, 0.3) is 5.56 Å². The van der Waals surface area contributed by atoms with Gasteiger partial charge in [0.05, 0.1) is 58.5 Å². The highest BCUT2D eigenvalue weighted by Crippen LogP contribution is 2.45. The largest absolute Gasteiger partial charge is 0.473 e. The molecule has 24 heteroatoms. The number of hydrogen-bond acceptors (Lipinski definition) is 22. The highest BCUT2D eigenvalue weighted by atomic mass is 127. The Morgan fingerprint density at radius 2 is 0.723 bits per heavy atom. The summed E-state index contributed by atoms with van der Waals surface area (Å²) >= 11 is 2.24. The zero-order valence-electron chi connectivity index (χ0n) is 76.5. The van der Waals surface area contributed by atoms with Crippen LogP contribution in [-0.2, 0) is 117 Å². The van der Waals surface area contributed by atoms with Crippen molar-refractivity contribution in [3.8, 4) is 17.6 Å². The van der Waals surface area contributed by atoms with Gasteiger partial charge in [-0.25, -0.2) is 19.7 Å². The van der Waals surface area contributed by atoms with Gasteiger partial charge in [-0.15, -0.1) is 0 Å². The lowest BCUT2D eigenvalue weighted by Crippen LogP contribution is -2.44. The molecule has 0 amide bonds. The number of esters is 1. The number of rotatable bonds is 34. The minimum atomic E-state index is -1.74. The number of aromatic amines is 1. The maximum absolute atomic E-state index is 12.2. The fraction of sp³-hybridized carbons (Fsp3) is 0.336. The Morgan fingerprint density at radius 3 is 1.11 bits per heavy atom. The maximum Gasteiger partial charge on any atom is 0.338 e. The summed E-state index contributed by atoms with van der Waals surface area (Å²) in [7, 11) is 0. The maximum atomic E-state index is 12.2. The molecule has 23 nitrogen and oxygen atoms in total. The van der Waals surface area contributed by atoms with Crippen molar-refractivity contribution in [3.05, 3.63) is 425 Å². The summed E-state index contributed by atoms with van der Waals surface area (Å²) in [6.45, 7) is 17.3. The summed E-state index contributed by atoms with van der Waals surface area (Å²) in [5, 5.41) is 40.4. The van der Waals surface area contributed by atoms with E-state index in [4.69, 9.17) is 66.7 Å². The lowest BCUT2D eigenvalue weighted by atomic mass is 9.97. The van der Waals surface area contributed by atoms with Crippen molar-refractivity contribution in [1.29, 1.82) is 0 Å². The number of carbonyl (C=O) groups excluding carboxylic acids is 1. The standard InChI is InChI=1S/C33H35NO5.C33H35NO4.C20H22O4.C13H12INO.C11H15NO5.3CH4/c1-3-29-30(36-21-25-13-7-4-8-14-25)31(37-22-26-15-9-5-10-16-26)33(35,39-29)28-19-24(2)32(34-20-28)38-23-27-17-11-6-12-18-27;1-3-29-31(35-21-25-13-7-4-8-14-25)32(36-22-26-15-9-5-10-16-26)30(38-29)28-19-24(2)33(34-20-28)37-23-27-17-11-6-12-18-27;1-2-17-18(22-13-15-9-5-3-6-10-15)19(20(21)24-17)23-14-16-11-7-4-8-12-16;1-10-7-12(14)8-15-13(10)16-9-11-5-3-2-4-6-11;1-5-2-6(3-12-11(5)16)10-9(15)8(14)7(4-13)17-10;;;/h4-20,29-31,35H,3,21-23H2,1-2H3;4-20,29-32H,3,21-23H2,1-2H3;3-12,17-19H,2,13-14H2,1H3;2-8H,9H2,1H3;2-3,7-10,13-15H,4H2,1H3,(H,12,16);3*1H4/t29-,30+,31?,33+;29-,30+,31+,32?;17-,18+,19?;;7-,8+,9?,10+;;;/m111.1.../s1. The minimum Gasteiger partial charge on any atom is -0.473 e. The van der Waals surface area contributed by atoms with E-state index in [1.54, 1.807) is 19.2 Å². The van der Waals surface area contributed by atoms with Crippen LogP contribution in [0.3, 0.4) is 0 Å². The number of aromatic nitrogens is 4. The molecule has 4 aliphatic heterocycles. The van der Waals surface area contributed by atoms with Crippen molar-refractivity contribution >= 4 is 28.6 Å². The van der Waals surface area contributed by atoms with Gasteiger partial charge in [0.15, 0.2) is 6.10 Å². The van der Waals surface area contributed by atoms with Crippen LogP contribution in [0.25, 0.3) is 0 Å². The van der Waals surface area contributed by atoms with Gasteiger partial charge in [-0.3, -0.25) is 4.79 Å². The lowest BCUT2D eigenvalue weighted by Gasteiger charge is -2.31. The first-order valence-corrected chi connectivity index (χ1v) is 46.5. The van der Waals surface area contributed by atoms with Crippen LogP contribution in [-0.4, -0.2) is 126 Å². The van der Waals surface area contributed by atoms with Gasteiger partial charge in [0.1, 0.15) is 87.0 Å². The second-order valence-corrected chi connectivity index (χ2v) is 34.4. The molecule has 724 valence electrons. The smallest absolute Gasteiger partial charge is 0.338 e. The number of benzene rings is 9. The molecule has 0 radical (unpaired) electrons. The molecule has 5 N–H and O–H groups in total. The van der Waals surface area contributed by atoms with Crippen LogP contribution in [0.4, 0.5) is 0 Å². The Balaban J connectivity index is 0.000000184. The number of carbonyl (C=O) groups is 1. The summed E-state index contributed by atoms with van der Waals surface area (Å²) in [6.07, 6.45) is 1.30. The number of cyclic esters (lactones) is 1. The summed E-state index contributed by atoms with van der Waals surface area (Å²) in [5.41, 5.74) is 14.9. The minimum absolute atomic E-state index is 0. The van der Waals surface area contributed by atoms with Crippen LogP contribution in [0.5, 0.6) is 17.6 Å². The third kappa shape index (κ3) is 30.7. The molecular formula is C113H131IN4O19. The number of H-pyrrole nitrogens is 1. The number of nitrogens with one attached hydrogen (secondary N) is 1. The van der Waals surface area contributed by atoms with E-state index in [1.165, 1.54) is 6.20 Å². The summed E-state index contributed by atoms with van der Waals surface area (Å²) in [6, 6.07) is 97.8. The predicted molar refractivity (Wildman–Crippen MR) is 538 cm³/mol. The molecule has 4 aromatic heterocycles. The molecule has 0 spiro atoms. The van der Waals surface area contributed by atoms with Crippen LogP contribution >= 0.6 is 22.6 Å². The van der Waals surface area contributed by atoms with Gasteiger partial charge in [-0.1, -0.05) is 316 Å². The molecule has 137 heavy (non-hydrogen) atoms. The second kappa shape index (κ2) is 55.2. The average Bonchev–Trinajstić information content (AvgIpc) is 1.60. The van der Waals surface area contributed by atoms with Crippen molar-refractivity contribution < 1.29 is 86.8 Å². The fourth-order valence-electron chi connectivity index (χ4n) is 15.9. The number of ether oxygens (including phenoxy) is 13. The normalized spacial score (nSPS) is 21.6. The van der Waals surface area contributed by atoms with Gasteiger partial charge < -0.3 is 87.0 Å². The van der Waals surface area contributed by atoms with Gasteiger partial charge in [-0.2, -0.15) is 0 Å². The van der Waals surface area contributed by atoms with E-state index in [2.05, 4.69) is 85.8 Å². The van der Waals surface area contributed by atoms with Crippen molar-refractivity contribution in [3.63, 3.8) is 0 Å². The summed E-state index contributed by atoms with van der Waals surface area (Å²) in [5.74, 6) is -0.233. The number of aryl methyl sites for hydroxylation is 4. The zero-order valence-corrected chi connectivity index (χ0v) is 78.7. The van der Waals surface area contributed by atoms with Crippen LogP contribution in [0, 0.1) is 31.3 Å². The average molecular weight is 1980 g/mol. The molecule has 4 unspecified atom stereocenters. The molecule has 9 aromatic carbocycles. The van der Waals surface area contributed by atoms with Gasteiger partial charge in [0.2, 0.25) is 23.4 Å². The predicted octanol–water partition coefficient (Wildman–Crippen LogP) is 20.9. The third-order valence-corrected chi connectivity index (χ3v) is 23.8. The van der Waals surface area contributed by atoms with Crippen molar-refractivity contribution in [2.75, 3.05) is 6.61 Å². The Hall–Kier alpha value is -11.5. The number of nitrogens with zero attached hydrogens (tertiary/aromatic N) is 3. The van der Waals surface area contributed by atoms with Crippen molar-refractivity contribution in [2.45, 2.75) is 241 Å². The monoisotopic (exact) mass is 1970 g/mol. The fourth-order valence-corrected chi connectivity index (χ4v) is 16.5. The van der Waals surface area contributed by atoms with Crippen LogP contribution in [0.15, 0.2) is 327 Å². The number of aliphatic hydroxyl groups excluding tert-OH is 3. The first kappa shape index (κ1) is 107. The second-order valence-electron chi connectivity index (χ2n) is 33.2.